The van der Waals surface area contributed by atoms with Gasteiger partial charge >= 0.3 is 0 Å². The molecular weight excluding hydrogens is 687 g/mol. The minimum absolute atomic E-state index is 0.117. The first-order valence-corrected chi connectivity index (χ1v) is 20.0. The molecule has 57 heavy (non-hydrogen) atoms. The highest BCUT2D eigenvalue weighted by Crippen LogP contribution is 2.57. The molecule has 0 saturated heterocycles. The Bertz CT molecular complexity index is 2930. The molecule has 9 aromatic carbocycles. The molecular formula is C56H41N. The van der Waals surface area contributed by atoms with E-state index in [0.717, 1.165) is 17.1 Å². The monoisotopic (exact) mass is 727 g/mol. The third-order valence-corrected chi connectivity index (χ3v) is 12.8. The summed E-state index contributed by atoms with van der Waals surface area (Å²) >= 11 is 0. The molecule has 2 aliphatic rings. The smallest absolute Gasteiger partial charge is 0.0713 e. The van der Waals surface area contributed by atoms with E-state index < -0.39 is 5.41 Å². The van der Waals surface area contributed by atoms with E-state index >= 15 is 0 Å². The second-order valence-corrected chi connectivity index (χ2v) is 16.1. The maximum absolute atomic E-state index is 2.46. The average molecular weight is 728 g/mol. The summed E-state index contributed by atoms with van der Waals surface area (Å²) in [5.41, 5.74) is 18.4. The molecule has 0 bridgehead atoms. The highest BCUT2D eigenvalue weighted by molar-refractivity contribution is 5.97. The van der Waals surface area contributed by atoms with Gasteiger partial charge in [0.1, 0.15) is 0 Å². The fraction of sp³-hybridized carbons (Fsp3) is 0.0714. The molecule has 270 valence electrons. The minimum Gasteiger partial charge on any atom is -0.310 e. The van der Waals surface area contributed by atoms with E-state index in [9.17, 15) is 0 Å². The van der Waals surface area contributed by atoms with Gasteiger partial charge in [0, 0.05) is 22.5 Å². The number of fused-ring (bicyclic) bond motifs is 7. The van der Waals surface area contributed by atoms with Crippen molar-refractivity contribution >= 4 is 27.8 Å². The number of benzene rings is 9. The standard InChI is InChI=1S/C56H41N/c1-55(2)51-26-13-11-23-47(51)49-34-32-44(37-54(49)55)57(42-30-28-39(29-31-42)46-25-15-17-38-16-9-10-22-45(38)46)43-33-35-53-50(36-43)48-24-12-14-27-52(48)56(53,40-18-5-3-6-19-40)41-20-7-4-8-21-41/h3-37H,1-2H3. The Morgan fingerprint density at radius 3 is 1.58 bits per heavy atom. The molecule has 2 aliphatic carbocycles. The van der Waals surface area contributed by atoms with Crippen molar-refractivity contribution in [1.82, 2.24) is 0 Å². The van der Waals surface area contributed by atoms with Crippen molar-refractivity contribution in [2.75, 3.05) is 4.90 Å². The lowest BCUT2D eigenvalue weighted by Gasteiger charge is -2.34. The van der Waals surface area contributed by atoms with E-state index in [1.165, 1.54) is 77.5 Å². The molecule has 1 nitrogen and oxygen atoms in total. The molecule has 0 aromatic heterocycles. The highest BCUT2D eigenvalue weighted by Gasteiger charge is 2.46. The summed E-state index contributed by atoms with van der Waals surface area (Å²) in [4.78, 5) is 2.46. The predicted molar refractivity (Wildman–Crippen MR) is 239 cm³/mol. The minimum atomic E-state index is -0.443. The Labute approximate surface area is 335 Å². The van der Waals surface area contributed by atoms with E-state index in [1.807, 2.05) is 0 Å². The molecule has 0 saturated carbocycles. The summed E-state index contributed by atoms with van der Waals surface area (Å²) in [6.45, 7) is 4.73. The summed E-state index contributed by atoms with van der Waals surface area (Å²) in [5.74, 6) is 0. The Morgan fingerprint density at radius 1 is 0.333 bits per heavy atom. The molecule has 9 aromatic rings. The molecule has 0 N–H and O–H groups in total. The van der Waals surface area contributed by atoms with Crippen LogP contribution in [0.3, 0.4) is 0 Å². The van der Waals surface area contributed by atoms with Gasteiger partial charge in [-0.25, -0.2) is 0 Å². The van der Waals surface area contributed by atoms with Crippen molar-refractivity contribution in [2.24, 2.45) is 0 Å². The molecule has 0 unspecified atom stereocenters. The zero-order valence-electron chi connectivity index (χ0n) is 32.2. The van der Waals surface area contributed by atoms with Crippen LogP contribution in [-0.2, 0) is 10.8 Å². The molecule has 0 amide bonds. The molecule has 0 radical (unpaired) electrons. The third kappa shape index (κ3) is 4.95. The van der Waals surface area contributed by atoms with Crippen molar-refractivity contribution in [3.05, 3.63) is 246 Å². The SMILES string of the molecule is CC1(C)c2ccccc2-c2ccc(N(c3ccc(-c4cccc5ccccc45)cc3)c3ccc4c(c3)-c3ccccc3C4(c3ccccc3)c3ccccc3)cc21. The largest absolute Gasteiger partial charge is 0.310 e. The summed E-state index contributed by atoms with van der Waals surface area (Å²) < 4.78 is 0. The quantitative estimate of drug-likeness (QED) is 0.165. The lowest BCUT2D eigenvalue weighted by Crippen LogP contribution is -2.28. The van der Waals surface area contributed by atoms with Crippen molar-refractivity contribution in [3.8, 4) is 33.4 Å². The van der Waals surface area contributed by atoms with Crippen LogP contribution in [0.1, 0.15) is 47.2 Å². The summed E-state index contributed by atoms with van der Waals surface area (Å²) in [6.07, 6.45) is 0. The maximum Gasteiger partial charge on any atom is 0.0713 e. The Morgan fingerprint density at radius 2 is 0.842 bits per heavy atom. The van der Waals surface area contributed by atoms with Crippen LogP contribution < -0.4 is 4.90 Å². The Hall–Kier alpha value is -6.96. The van der Waals surface area contributed by atoms with Gasteiger partial charge in [0.25, 0.3) is 0 Å². The van der Waals surface area contributed by atoms with Gasteiger partial charge in [0.2, 0.25) is 0 Å². The molecule has 0 fully saturated rings. The van der Waals surface area contributed by atoms with Crippen LogP contribution in [-0.4, -0.2) is 0 Å². The first-order valence-electron chi connectivity index (χ1n) is 20.0. The third-order valence-electron chi connectivity index (χ3n) is 12.8. The van der Waals surface area contributed by atoms with Gasteiger partial charge in [0.15, 0.2) is 0 Å². The topological polar surface area (TPSA) is 3.24 Å². The van der Waals surface area contributed by atoms with Gasteiger partial charge in [-0.3, -0.25) is 0 Å². The van der Waals surface area contributed by atoms with Gasteiger partial charge in [-0.1, -0.05) is 190 Å². The normalized spacial score (nSPS) is 14.1. The zero-order valence-corrected chi connectivity index (χ0v) is 32.2. The van der Waals surface area contributed by atoms with Gasteiger partial charge in [-0.15, -0.1) is 0 Å². The maximum atomic E-state index is 2.46. The highest BCUT2D eigenvalue weighted by atomic mass is 15.1. The van der Waals surface area contributed by atoms with E-state index in [0.29, 0.717) is 0 Å². The molecule has 1 heteroatoms. The lowest BCUT2D eigenvalue weighted by molar-refractivity contribution is 0.660. The first kappa shape index (κ1) is 33.4. The summed E-state index contributed by atoms with van der Waals surface area (Å²) in [6, 6.07) is 78.7. The Balaban J connectivity index is 1.12. The first-order chi connectivity index (χ1) is 28.0. The fourth-order valence-electron chi connectivity index (χ4n) is 10.1. The molecule has 11 rings (SSSR count). The fourth-order valence-corrected chi connectivity index (χ4v) is 10.1. The van der Waals surface area contributed by atoms with Gasteiger partial charge in [-0.05, 0) is 114 Å². The second-order valence-electron chi connectivity index (χ2n) is 16.1. The molecule has 0 spiro atoms. The van der Waals surface area contributed by atoms with Crippen LogP contribution in [0.4, 0.5) is 17.1 Å². The van der Waals surface area contributed by atoms with E-state index in [1.54, 1.807) is 0 Å². The van der Waals surface area contributed by atoms with E-state index in [2.05, 4.69) is 231 Å². The second kappa shape index (κ2) is 12.8. The van der Waals surface area contributed by atoms with Crippen LogP contribution in [0.25, 0.3) is 44.2 Å². The number of nitrogens with zero attached hydrogens (tertiary/aromatic N) is 1. The van der Waals surface area contributed by atoms with E-state index in [4.69, 9.17) is 0 Å². The molecule has 0 aliphatic heterocycles. The van der Waals surface area contributed by atoms with Crippen LogP contribution in [0.2, 0.25) is 0 Å². The van der Waals surface area contributed by atoms with Gasteiger partial charge in [0.05, 0.1) is 5.41 Å². The van der Waals surface area contributed by atoms with Gasteiger partial charge < -0.3 is 4.90 Å². The van der Waals surface area contributed by atoms with Crippen LogP contribution >= 0.6 is 0 Å². The molecule has 0 heterocycles. The van der Waals surface area contributed by atoms with Crippen molar-refractivity contribution < 1.29 is 0 Å². The number of hydrogen-bond acceptors (Lipinski definition) is 1. The van der Waals surface area contributed by atoms with E-state index in [-0.39, 0.29) is 5.41 Å². The number of anilines is 3. The average Bonchev–Trinajstić information content (AvgIpc) is 3.70. The van der Waals surface area contributed by atoms with Crippen molar-refractivity contribution in [3.63, 3.8) is 0 Å². The van der Waals surface area contributed by atoms with Crippen LogP contribution in [0, 0.1) is 0 Å². The number of hydrogen-bond donors (Lipinski definition) is 0. The summed E-state index contributed by atoms with van der Waals surface area (Å²) in [5, 5.41) is 2.52. The Kier molecular flexibility index (Phi) is 7.50. The summed E-state index contributed by atoms with van der Waals surface area (Å²) in [7, 11) is 0. The number of rotatable bonds is 6. The van der Waals surface area contributed by atoms with Gasteiger partial charge in [-0.2, -0.15) is 0 Å². The van der Waals surface area contributed by atoms with Crippen molar-refractivity contribution in [1.29, 1.82) is 0 Å². The lowest BCUT2D eigenvalue weighted by atomic mass is 9.68. The predicted octanol–water partition coefficient (Wildman–Crippen LogP) is 14.6. The van der Waals surface area contributed by atoms with Crippen molar-refractivity contribution in [2.45, 2.75) is 24.7 Å². The van der Waals surface area contributed by atoms with Crippen LogP contribution in [0.5, 0.6) is 0 Å². The van der Waals surface area contributed by atoms with Crippen LogP contribution in [0.15, 0.2) is 212 Å². The zero-order chi connectivity index (χ0) is 38.1. The molecule has 0 atom stereocenters.